The Morgan fingerprint density at radius 2 is 1.56 bits per heavy atom. The summed E-state index contributed by atoms with van der Waals surface area (Å²) in [5.74, 6) is -0.676. The molecule has 2 N–H and O–H groups in total. The summed E-state index contributed by atoms with van der Waals surface area (Å²) in [6.07, 6.45) is 3.92. The van der Waals surface area contributed by atoms with Crippen LogP contribution in [0.1, 0.15) is 22.3 Å². The van der Waals surface area contributed by atoms with Crippen LogP contribution in [0.2, 0.25) is 0 Å². The zero-order chi connectivity index (χ0) is 19.1. The molecule has 0 unspecified atom stereocenters. The number of aryl methyl sites for hydroxylation is 1. The second-order valence-electron chi connectivity index (χ2n) is 5.95. The summed E-state index contributed by atoms with van der Waals surface area (Å²) in [5.41, 5.74) is 2.63. The predicted octanol–water partition coefficient (Wildman–Crippen LogP) is 4.04. The van der Waals surface area contributed by atoms with Gasteiger partial charge >= 0.3 is 0 Å². The van der Waals surface area contributed by atoms with Gasteiger partial charge in [0.05, 0.1) is 5.56 Å². The second-order valence-corrected chi connectivity index (χ2v) is 5.95. The second kappa shape index (κ2) is 8.71. The number of aromatic nitrogens is 1. The number of anilines is 2. The molecule has 136 valence electrons. The average molecular weight is 363 g/mol. The van der Waals surface area contributed by atoms with Gasteiger partial charge in [0.15, 0.2) is 0 Å². The predicted molar refractivity (Wildman–Crippen MR) is 102 cm³/mol. The number of rotatable bonds is 6. The van der Waals surface area contributed by atoms with Crippen molar-refractivity contribution in [2.75, 3.05) is 10.6 Å². The lowest BCUT2D eigenvalue weighted by molar-refractivity contribution is -0.116. The normalized spacial score (nSPS) is 10.3. The van der Waals surface area contributed by atoms with Crippen LogP contribution in [-0.2, 0) is 11.2 Å². The monoisotopic (exact) mass is 363 g/mol. The summed E-state index contributed by atoms with van der Waals surface area (Å²) in [5, 5.41) is 5.57. The van der Waals surface area contributed by atoms with E-state index in [0.29, 0.717) is 29.8 Å². The van der Waals surface area contributed by atoms with Gasteiger partial charge in [-0.15, -0.1) is 0 Å². The maximum absolute atomic E-state index is 12.9. The number of nitrogens with zero attached hydrogens (tertiary/aromatic N) is 1. The quantitative estimate of drug-likeness (QED) is 0.694. The Morgan fingerprint density at radius 1 is 0.889 bits per heavy atom. The molecule has 0 spiro atoms. The summed E-state index contributed by atoms with van der Waals surface area (Å²) in [6.45, 7) is 0. The van der Waals surface area contributed by atoms with Crippen molar-refractivity contribution in [1.82, 2.24) is 4.98 Å². The van der Waals surface area contributed by atoms with E-state index >= 15 is 0 Å². The molecule has 2 aromatic carbocycles. The molecule has 3 rings (SSSR count). The Kier molecular flexibility index (Phi) is 5.89. The average Bonchev–Trinajstić information content (AvgIpc) is 2.70. The van der Waals surface area contributed by atoms with Crippen LogP contribution < -0.4 is 10.6 Å². The molecule has 0 aliphatic heterocycles. The third-order valence-corrected chi connectivity index (χ3v) is 3.90. The Balaban J connectivity index is 1.50. The van der Waals surface area contributed by atoms with Crippen LogP contribution in [0.3, 0.4) is 0 Å². The van der Waals surface area contributed by atoms with Crippen LogP contribution >= 0.6 is 0 Å². The zero-order valence-corrected chi connectivity index (χ0v) is 14.5. The van der Waals surface area contributed by atoms with Crippen LogP contribution in [0.15, 0.2) is 73.1 Å². The molecule has 0 saturated heterocycles. The first kappa shape index (κ1) is 18.3. The molecule has 2 amide bonds. The minimum atomic E-state index is -0.293. The number of hydrogen-bond donors (Lipinski definition) is 2. The summed E-state index contributed by atoms with van der Waals surface area (Å²) in [4.78, 5) is 28.0. The molecule has 3 aromatic rings. The Morgan fingerprint density at radius 3 is 2.19 bits per heavy atom. The van der Waals surface area contributed by atoms with E-state index in [9.17, 15) is 14.0 Å². The fraction of sp³-hybridized carbons (Fsp3) is 0.0952. The molecule has 5 nitrogen and oxygen atoms in total. The van der Waals surface area contributed by atoms with E-state index in [1.807, 2.05) is 0 Å². The van der Waals surface area contributed by atoms with Crippen LogP contribution in [0.5, 0.6) is 0 Å². The van der Waals surface area contributed by atoms with Gasteiger partial charge in [0, 0.05) is 30.2 Å². The lowest BCUT2D eigenvalue weighted by Gasteiger charge is -2.08. The van der Waals surface area contributed by atoms with Gasteiger partial charge in [0.2, 0.25) is 5.91 Å². The Hall–Kier alpha value is -3.54. The van der Waals surface area contributed by atoms with Gasteiger partial charge in [-0.25, -0.2) is 4.39 Å². The summed E-state index contributed by atoms with van der Waals surface area (Å²) in [7, 11) is 0. The van der Waals surface area contributed by atoms with Crippen LogP contribution in [0, 0.1) is 5.82 Å². The Bertz CT molecular complexity index is 910. The molecular weight excluding hydrogens is 345 g/mol. The third kappa shape index (κ3) is 5.47. The van der Waals surface area contributed by atoms with E-state index in [1.165, 1.54) is 18.3 Å². The van der Waals surface area contributed by atoms with Crippen molar-refractivity contribution in [3.8, 4) is 0 Å². The molecule has 0 saturated carbocycles. The van der Waals surface area contributed by atoms with Gasteiger partial charge in [0.25, 0.3) is 5.91 Å². The van der Waals surface area contributed by atoms with Gasteiger partial charge in [-0.05, 0) is 60.5 Å². The fourth-order valence-corrected chi connectivity index (χ4v) is 2.47. The van der Waals surface area contributed by atoms with Crippen molar-refractivity contribution in [1.29, 1.82) is 0 Å². The number of carbonyl (C=O) groups is 2. The molecule has 1 heterocycles. The summed E-state index contributed by atoms with van der Waals surface area (Å²) in [6, 6.07) is 16.3. The van der Waals surface area contributed by atoms with Gasteiger partial charge in [-0.1, -0.05) is 12.1 Å². The van der Waals surface area contributed by atoms with Crippen molar-refractivity contribution >= 4 is 23.2 Å². The number of amides is 2. The fourth-order valence-electron chi connectivity index (χ4n) is 2.47. The first-order valence-corrected chi connectivity index (χ1v) is 8.46. The van der Waals surface area contributed by atoms with E-state index in [1.54, 1.807) is 54.7 Å². The van der Waals surface area contributed by atoms with Gasteiger partial charge in [-0.2, -0.15) is 0 Å². The van der Waals surface area contributed by atoms with Crippen molar-refractivity contribution in [3.63, 3.8) is 0 Å². The molecule has 1 aromatic heterocycles. The number of pyridine rings is 1. The highest BCUT2D eigenvalue weighted by Gasteiger charge is 2.07. The molecule has 0 radical (unpaired) electrons. The summed E-state index contributed by atoms with van der Waals surface area (Å²) < 4.78 is 12.9. The lowest BCUT2D eigenvalue weighted by Crippen LogP contribution is -2.13. The van der Waals surface area contributed by atoms with E-state index in [4.69, 9.17) is 0 Å². The minimum absolute atomic E-state index is 0.133. The molecule has 0 bridgehead atoms. The highest BCUT2D eigenvalue weighted by molar-refractivity contribution is 6.04. The topological polar surface area (TPSA) is 71.1 Å². The molecule has 0 atom stereocenters. The maximum atomic E-state index is 12.9. The first-order valence-electron chi connectivity index (χ1n) is 8.46. The number of benzene rings is 2. The first-order chi connectivity index (χ1) is 13.1. The molecule has 0 aliphatic carbocycles. The van der Waals surface area contributed by atoms with Gasteiger partial charge in [-0.3, -0.25) is 14.6 Å². The lowest BCUT2D eigenvalue weighted by atomic mass is 10.1. The molecule has 0 fully saturated rings. The van der Waals surface area contributed by atoms with E-state index in [2.05, 4.69) is 15.6 Å². The van der Waals surface area contributed by atoms with Crippen molar-refractivity contribution in [2.24, 2.45) is 0 Å². The van der Waals surface area contributed by atoms with Crippen molar-refractivity contribution < 1.29 is 14.0 Å². The number of halogens is 1. The van der Waals surface area contributed by atoms with Crippen molar-refractivity contribution in [2.45, 2.75) is 12.8 Å². The summed E-state index contributed by atoms with van der Waals surface area (Å²) >= 11 is 0. The standard InChI is InChI=1S/C21H18FN3O2/c22-17-6-3-15(4-7-17)5-12-20(26)24-18-8-10-19(11-9-18)25-21(27)16-2-1-13-23-14-16/h1-4,6-11,13-14H,5,12H2,(H,24,26)(H,25,27). The molecular formula is C21H18FN3O2. The number of hydrogen-bond acceptors (Lipinski definition) is 3. The maximum Gasteiger partial charge on any atom is 0.257 e. The number of carbonyl (C=O) groups excluding carboxylic acids is 2. The Labute approximate surface area is 156 Å². The van der Waals surface area contributed by atoms with E-state index < -0.39 is 0 Å². The van der Waals surface area contributed by atoms with Gasteiger partial charge < -0.3 is 10.6 Å². The smallest absolute Gasteiger partial charge is 0.257 e. The highest BCUT2D eigenvalue weighted by Crippen LogP contribution is 2.15. The third-order valence-electron chi connectivity index (χ3n) is 3.90. The van der Waals surface area contributed by atoms with Crippen LogP contribution in [0.4, 0.5) is 15.8 Å². The van der Waals surface area contributed by atoms with Gasteiger partial charge in [0.1, 0.15) is 5.82 Å². The molecule has 27 heavy (non-hydrogen) atoms. The number of nitrogens with one attached hydrogen (secondary N) is 2. The van der Waals surface area contributed by atoms with Crippen molar-refractivity contribution in [3.05, 3.63) is 90.0 Å². The molecule has 0 aliphatic rings. The van der Waals surface area contributed by atoms with E-state index in [0.717, 1.165) is 5.56 Å². The van der Waals surface area contributed by atoms with E-state index in [-0.39, 0.29) is 17.6 Å². The SMILES string of the molecule is O=C(CCc1ccc(F)cc1)Nc1ccc(NC(=O)c2cccnc2)cc1. The minimum Gasteiger partial charge on any atom is -0.326 e. The van der Waals surface area contributed by atoms with Crippen LogP contribution in [0.25, 0.3) is 0 Å². The highest BCUT2D eigenvalue weighted by atomic mass is 19.1. The molecule has 6 heteroatoms. The zero-order valence-electron chi connectivity index (χ0n) is 14.5. The largest absolute Gasteiger partial charge is 0.326 e. The van der Waals surface area contributed by atoms with Crippen LogP contribution in [-0.4, -0.2) is 16.8 Å².